The van der Waals surface area contributed by atoms with E-state index in [4.69, 9.17) is 0 Å². The molecule has 3 nitrogen and oxygen atoms in total. The third-order valence-corrected chi connectivity index (χ3v) is 1.92. The van der Waals surface area contributed by atoms with Crippen molar-refractivity contribution in [3.05, 3.63) is 34.3 Å². The molecule has 0 atom stereocenters. The molecule has 0 aliphatic carbocycles. The monoisotopic (exact) mass is 242 g/mol. The van der Waals surface area contributed by atoms with Crippen LogP contribution in [0.1, 0.15) is 10.4 Å². The van der Waals surface area contributed by atoms with Crippen molar-refractivity contribution in [3.8, 4) is 0 Å². The van der Waals surface area contributed by atoms with E-state index in [1.807, 2.05) is 6.07 Å². The van der Waals surface area contributed by atoms with Crippen molar-refractivity contribution in [2.45, 2.75) is 0 Å². The van der Waals surface area contributed by atoms with Crippen LogP contribution in [-0.4, -0.2) is 18.9 Å². The molecule has 0 aromatic heterocycles. The first kappa shape index (κ1) is 9.92. The molecule has 0 saturated heterocycles. The van der Waals surface area contributed by atoms with Gasteiger partial charge in [0.1, 0.15) is 0 Å². The molecule has 0 aliphatic heterocycles. The lowest BCUT2D eigenvalue weighted by molar-refractivity contribution is -0.127. The number of carbonyl (C=O) groups is 2. The quantitative estimate of drug-likeness (QED) is 0.598. The van der Waals surface area contributed by atoms with Crippen molar-refractivity contribution in [2.75, 3.05) is 6.61 Å². The zero-order valence-corrected chi connectivity index (χ0v) is 8.28. The van der Waals surface area contributed by atoms with E-state index in [1.54, 1.807) is 18.2 Å². The number of halogens is 1. The normalized spacial score (nSPS) is 9.31. The third kappa shape index (κ3) is 2.99. The average molecular weight is 243 g/mol. The zero-order valence-electron chi connectivity index (χ0n) is 6.70. The fraction of sp³-hybridized carbons (Fsp3) is 0.111. The summed E-state index contributed by atoms with van der Waals surface area (Å²) >= 11 is 3.24. The van der Waals surface area contributed by atoms with Crippen LogP contribution in [0, 0.1) is 0 Å². The molecule has 68 valence electrons. The van der Waals surface area contributed by atoms with E-state index in [2.05, 4.69) is 20.7 Å². The molecule has 0 fully saturated rings. The van der Waals surface area contributed by atoms with E-state index in [0.717, 1.165) is 4.47 Å². The van der Waals surface area contributed by atoms with Crippen LogP contribution in [-0.2, 0) is 9.53 Å². The molecular weight excluding hydrogens is 236 g/mol. The molecule has 0 saturated carbocycles. The summed E-state index contributed by atoms with van der Waals surface area (Å²) in [6.45, 7) is 0.0514. The summed E-state index contributed by atoms with van der Waals surface area (Å²) in [5.41, 5.74) is 0.524. The molecule has 1 aromatic carbocycles. The number of carbonyl (C=O) groups excluding carboxylic acids is 2. The Bertz CT molecular complexity index is 322. The fourth-order valence-electron chi connectivity index (χ4n) is 0.855. The topological polar surface area (TPSA) is 43.4 Å². The van der Waals surface area contributed by atoms with Gasteiger partial charge in [-0.15, -0.1) is 0 Å². The van der Waals surface area contributed by atoms with Gasteiger partial charge in [-0.25, -0.2) is 0 Å². The molecule has 0 unspecified atom stereocenters. The lowest BCUT2D eigenvalue weighted by Crippen LogP contribution is -2.07. The Morgan fingerprint density at radius 3 is 2.92 bits per heavy atom. The number of Topliss-reactive ketones (excluding diaryl/α,β-unsaturated/α-hetero) is 1. The average Bonchev–Trinajstić information content (AvgIpc) is 2.14. The Hall–Kier alpha value is -1.16. The van der Waals surface area contributed by atoms with E-state index in [0.29, 0.717) is 5.56 Å². The second-order valence-electron chi connectivity index (χ2n) is 2.34. The first-order valence-corrected chi connectivity index (χ1v) is 4.37. The SMILES string of the molecule is O=COCC(=O)c1cccc(Br)c1. The van der Waals surface area contributed by atoms with Gasteiger partial charge < -0.3 is 4.74 Å². The van der Waals surface area contributed by atoms with Crippen molar-refractivity contribution >= 4 is 28.2 Å². The number of ketones is 1. The van der Waals surface area contributed by atoms with Crippen molar-refractivity contribution in [1.29, 1.82) is 0 Å². The van der Waals surface area contributed by atoms with E-state index >= 15 is 0 Å². The highest BCUT2D eigenvalue weighted by Crippen LogP contribution is 2.11. The predicted octanol–water partition coefficient (Wildman–Crippen LogP) is 1.80. The highest BCUT2D eigenvalue weighted by molar-refractivity contribution is 9.10. The molecule has 0 aliphatic rings. The lowest BCUT2D eigenvalue weighted by Gasteiger charge is -1.99. The zero-order chi connectivity index (χ0) is 9.68. The number of ether oxygens (including phenoxy) is 1. The summed E-state index contributed by atoms with van der Waals surface area (Å²) in [7, 11) is 0. The fourth-order valence-corrected chi connectivity index (χ4v) is 1.25. The second kappa shape index (κ2) is 4.77. The summed E-state index contributed by atoms with van der Waals surface area (Å²) in [4.78, 5) is 21.1. The van der Waals surface area contributed by atoms with Gasteiger partial charge in [-0.05, 0) is 12.1 Å². The molecule has 4 heteroatoms. The van der Waals surface area contributed by atoms with Crippen molar-refractivity contribution in [2.24, 2.45) is 0 Å². The smallest absolute Gasteiger partial charge is 0.293 e. The number of benzene rings is 1. The van der Waals surface area contributed by atoms with Crippen LogP contribution in [0.4, 0.5) is 0 Å². The van der Waals surface area contributed by atoms with Crippen LogP contribution in [0.25, 0.3) is 0 Å². The van der Waals surface area contributed by atoms with Crippen molar-refractivity contribution in [1.82, 2.24) is 0 Å². The molecular formula is C9H7BrO3. The van der Waals surface area contributed by atoms with Gasteiger partial charge in [0.2, 0.25) is 0 Å². The van der Waals surface area contributed by atoms with Crippen LogP contribution < -0.4 is 0 Å². The highest BCUT2D eigenvalue weighted by atomic mass is 79.9. The standard InChI is InChI=1S/C9H7BrO3/c10-8-3-1-2-7(4-8)9(12)5-13-6-11/h1-4,6H,5H2. The summed E-state index contributed by atoms with van der Waals surface area (Å²) in [6, 6.07) is 6.91. The van der Waals surface area contributed by atoms with Crippen LogP contribution in [0.5, 0.6) is 0 Å². The molecule has 0 spiro atoms. The van der Waals surface area contributed by atoms with Crippen molar-refractivity contribution < 1.29 is 14.3 Å². The van der Waals surface area contributed by atoms with Crippen molar-refractivity contribution in [3.63, 3.8) is 0 Å². The summed E-state index contributed by atoms with van der Waals surface area (Å²) < 4.78 is 5.17. The van der Waals surface area contributed by atoms with Gasteiger partial charge in [0.15, 0.2) is 12.4 Å². The minimum absolute atomic E-state index is 0.208. The van der Waals surface area contributed by atoms with Crippen LogP contribution in [0.15, 0.2) is 28.7 Å². The Kier molecular flexibility index (Phi) is 3.64. The van der Waals surface area contributed by atoms with E-state index in [1.165, 1.54) is 0 Å². The molecule has 0 amide bonds. The summed E-state index contributed by atoms with van der Waals surface area (Å²) in [5, 5.41) is 0. The molecule has 13 heavy (non-hydrogen) atoms. The van der Waals surface area contributed by atoms with E-state index in [-0.39, 0.29) is 18.9 Å². The Balaban J connectivity index is 2.71. The van der Waals surface area contributed by atoms with E-state index < -0.39 is 0 Å². The second-order valence-corrected chi connectivity index (χ2v) is 3.26. The first-order valence-electron chi connectivity index (χ1n) is 3.58. The van der Waals surface area contributed by atoms with Crippen LogP contribution in [0.3, 0.4) is 0 Å². The lowest BCUT2D eigenvalue weighted by atomic mass is 10.1. The molecule has 0 bridgehead atoms. The highest BCUT2D eigenvalue weighted by Gasteiger charge is 2.05. The number of rotatable bonds is 4. The Morgan fingerprint density at radius 2 is 2.31 bits per heavy atom. The van der Waals surface area contributed by atoms with Gasteiger partial charge in [0.05, 0.1) is 0 Å². The van der Waals surface area contributed by atoms with Gasteiger partial charge in [0, 0.05) is 10.0 Å². The van der Waals surface area contributed by atoms with Gasteiger partial charge in [-0.2, -0.15) is 0 Å². The Morgan fingerprint density at radius 1 is 1.54 bits per heavy atom. The molecule has 1 aromatic rings. The van der Waals surface area contributed by atoms with Gasteiger partial charge >= 0.3 is 0 Å². The van der Waals surface area contributed by atoms with Gasteiger partial charge in [0.25, 0.3) is 6.47 Å². The van der Waals surface area contributed by atoms with Gasteiger partial charge in [-0.3, -0.25) is 9.59 Å². The van der Waals surface area contributed by atoms with E-state index in [9.17, 15) is 9.59 Å². The minimum Gasteiger partial charge on any atom is -0.459 e. The molecule has 0 N–H and O–H groups in total. The van der Waals surface area contributed by atoms with Gasteiger partial charge in [-0.1, -0.05) is 28.1 Å². The van der Waals surface area contributed by atoms with Crippen LogP contribution in [0.2, 0.25) is 0 Å². The predicted molar refractivity (Wildman–Crippen MR) is 50.5 cm³/mol. The molecule has 0 heterocycles. The Labute approximate surface area is 83.8 Å². The molecule has 0 radical (unpaired) electrons. The molecule has 1 rings (SSSR count). The number of hydrogen-bond acceptors (Lipinski definition) is 3. The maximum Gasteiger partial charge on any atom is 0.293 e. The minimum atomic E-state index is -0.214. The third-order valence-electron chi connectivity index (χ3n) is 1.43. The maximum atomic E-state index is 11.3. The summed E-state index contributed by atoms with van der Waals surface area (Å²) in [5.74, 6) is -0.214. The maximum absolute atomic E-state index is 11.3. The summed E-state index contributed by atoms with van der Waals surface area (Å²) in [6.07, 6.45) is 0. The van der Waals surface area contributed by atoms with Crippen LogP contribution >= 0.6 is 15.9 Å². The first-order chi connectivity index (χ1) is 6.24. The largest absolute Gasteiger partial charge is 0.459 e. The number of hydrogen-bond donors (Lipinski definition) is 0.